The quantitative estimate of drug-likeness (QED) is 0.391. The highest BCUT2D eigenvalue weighted by atomic mass is 19.1. The van der Waals surface area contributed by atoms with Crippen LogP contribution in [0.4, 0.5) is 4.39 Å². The summed E-state index contributed by atoms with van der Waals surface area (Å²) in [7, 11) is 0. The molecule has 2 heteroatoms. The van der Waals surface area contributed by atoms with Gasteiger partial charge in [-0.25, -0.2) is 4.39 Å². The Morgan fingerprint density at radius 2 is 2.40 bits per heavy atom. The number of hydrogen-bond donors (Lipinski definition) is 0. The van der Waals surface area contributed by atoms with Gasteiger partial charge in [0.15, 0.2) is 0 Å². The second-order valence-corrected chi connectivity index (χ2v) is 0.422. The molecule has 0 aliphatic carbocycles. The number of rotatable bonds is 0. The maximum absolute atomic E-state index is 10.6. The third-order valence-corrected chi connectivity index (χ3v) is 0.138. The fourth-order valence-corrected chi connectivity index (χ4v) is 0.0282. The Morgan fingerprint density at radius 3 is 2.40 bits per heavy atom. The average Bonchev–Trinajstić information content (AvgIpc) is 1.41. The molecule has 0 aliphatic rings. The van der Waals surface area contributed by atoms with Crippen LogP contribution in [0.25, 0.3) is 0 Å². The van der Waals surface area contributed by atoms with Crippen LogP contribution < -0.4 is 0 Å². The molecule has 0 amide bonds. The minimum absolute atomic E-state index is 0.194. The van der Waals surface area contributed by atoms with Gasteiger partial charge in [0.25, 0.3) is 0 Å². The van der Waals surface area contributed by atoms with Crippen molar-refractivity contribution < 1.29 is 4.39 Å². The summed E-state index contributed by atoms with van der Waals surface area (Å²) in [6, 6.07) is 1.46. The van der Waals surface area contributed by atoms with E-state index in [4.69, 9.17) is 5.26 Å². The van der Waals surface area contributed by atoms with Gasteiger partial charge in [-0.1, -0.05) is 0 Å². The molecule has 0 N–H and O–H groups in total. The zero-order valence-electron chi connectivity index (χ0n) is 2.48. The molecule has 0 radical (unpaired) electrons. The zero-order valence-corrected chi connectivity index (χ0v) is 2.48. The van der Waals surface area contributed by atoms with Gasteiger partial charge in [-0.2, -0.15) is 5.26 Å². The fourth-order valence-electron chi connectivity index (χ4n) is 0.0282. The molecular formula is C3H2FN. The van der Waals surface area contributed by atoms with E-state index in [-0.39, 0.29) is 6.33 Å². The van der Waals surface area contributed by atoms with E-state index in [0.717, 1.165) is 6.08 Å². The van der Waals surface area contributed by atoms with E-state index in [0.29, 0.717) is 0 Å². The van der Waals surface area contributed by atoms with Crippen molar-refractivity contribution in [3.63, 3.8) is 0 Å². The maximum atomic E-state index is 10.6. The van der Waals surface area contributed by atoms with Crippen LogP contribution in [0, 0.1) is 11.3 Å². The predicted octanol–water partition coefficient (Wildman–Crippen LogP) is 0.993. The third-order valence-electron chi connectivity index (χ3n) is 0.138. The Morgan fingerprint density at radius 1 is 1.80 bits per heavy atom. The van der Waals surface area contributed by atoms with Crippen molar-refractivity contribution >= 4 is 0 Å². The van der Waals surface area contributed by atoms with Crippen molar-refractivity contribution in [3.8, 4) is 6.07 Å². The molecule has 0 rings (SSSR count). The summed E-state index contributed by atoms with van der Waals surface area (Å²) in [5.74, 6) is 0. The molecule has 0 spiro atoms. The van der Waals surface area contributed by atoms with Gasteiger partial charge < -0.3 is 0 Å². The van der Waals surface area contributed by atoms with Crippen molar-refractivity contribution in [2.24, 2.45) is 0 Å². The SMILES string of the molecule is N#C/C=C/F. The van der Waals surface area contributed by atoms with E-state index >= 15 is 0 Å². The molecule has 0 bridgehead atoms. The van der Waals surface area contributed by atoms with Crippen molar-refractivity contribution in [1.82, 2.24) is 0 Å². The first-order valence-electron chi connectivity index (χ1n) is 1.06. The van der Waals surface area contributed by atoms with E-state index in [1.54, 1.807) is 0 Å². The second kappa shape index (κ2) is 3.16. The highest BCUT2D eigenvalue weighted by molar-refractivity contribution is 4.96. The Labute approximate surface area is 29.3 Å². The van der Waals surface area contributed by atoms with Crippen LogP contribution in [0.1, 0.15) is 0 Å². The minimum atomic E-state index is 0.194. The largest absolute Gasteiger partial charge is 0.215 e. The van der Waals surface area contributed by atoms with Gasteiger partial charge in [-0.15, -0.1) is 0 Å². The van der Waals surface area contributed by atoms with E-state index in [1.165, 1.54) is 6.07 Å². The maximum Gasteiger partial charge on any atom is 0.0971 e. The topological polar surface area (TPSA) is 23.8 Å². The zero-order chi connectivity index (χ0) is 4.12. The van der Waals surface area contributed by atoms with Crippen LogP contribution in [0.3, 0.4) is 0 Å². The summed E-state index contributed by atoms with van der Waals surface area (Å²) in [6.45, 7) is 0. The first-order chi connectivity index (χ1) is 2.41. The summed E-state index contributed by atoms with van der Waals surface area (Å²) in [5.41, 5.74) is 0. The molecule has 0 aliphatic heterocycles. The highest BCUT2D eigenvalue weighted by Gasteiger charge is 1.49. The van der Waals surface area contributed by atoms with E-state index in [1.807, 2.05) is 0 Å². The van der Waals surface area contributed by atoms with Crippen molar-refractivity contribution in [2.75, 3.05) is 0 Å². The number of nitriles is 1. The summed E-state index contributed by atoms with van der Waals surface area (Å²) in [4.78, 5) is 0. The number of hydrogen-bond acceptors (Lipinski definition) is 1. The van der Waals surface area contributed by atoms with Gasteiger partial charge in [0.2, 0.25) is 0 Å². The van der Waals surface area contributed by atoms with E-state index in [9.17, 15) is 4.39 Å². The molecule has 0 fully saturated rings. The Hall–Kier alpha value is -0.840. The Kier molecular flexibility index (Phi) is 2.63. The molecule has 0 saturated carbocycles. The lowest BCUT2D eigenvalue weighted by Gasteiger charge is -1.44. The molecule has 0 atom stereocenters. The minimum Gasteiger partial charge on any atom is -0.215 e. The summed E-state index contributed by atoms with van der Waals surface area (Å²) >= 11 is 0. The summed E-state index contributed by atoms with van der Waals surface area (Å²) < 4.78 is 10.6. The average molecular weight is 71.1 g/mol. The summed E-state index contributed by atoms with van der Waals surface area (Å²) in [6.07, 6.45) is 0.958. The molecule has 0 unspecified atom stereocenters. The van der Waals surface area contributed by atoms with Gasteiger partial charge in [0, 0.05) is 6.08 Å². The van der Waals surface area contributed by atoms with Crippen LogP contribution in [-0.4, -0.2) is 0 Å². The Bertz CT molecular complexity index is 69.5. The smallest absolute Gasteiger partial charge is 0.0971 e. The molecule has 0 aromatic rings. The van der Waals surface area contributed by atoms with Crippen LogP contribution in [0.2, 0.25) is 0 Å². The monoisotopic (exact) mass is 71.0 g/mol. The first-order valence-corrected chi connectivity index (χ1v) is 1.06. The lowest BCUT2D eigenvalue weighted by atomic mass is 10.7. The van der Waals surface area contributed by atoms with Crippen LogP contribution >= 0.6 is 0 Å². The van der Waals surface area contributed by atoms with Gasteiger partial charge in [0.05, 0.1) is 12.4 Å². The molecule has 0 aromatic carbocycles. The number of allylic oxidation sites excluding steroid dienone is 1. The highest BCUT2D eigenvalue weighted by Crippen LogP contribution is 1.63. The Balaban J connectivity index is 3.04. The lowest BCUT2D eigenvalue weighted by molar-refractivity contribution is 0.722. The van der Waals surface area contributed by atoms with Gasteiger partial charge in [-0.05, 0) is 0 Å². The van der Waals surface area contributed by atoms with Crippen molar-refractivity contribution in [3.05, 3.63) is 12.4 Å². The van der Waals surface area contributed by atoms with Crippen LogP contribution in [-0.2, 0) is 0 Å². The lowest BCUT2D eigenvalue weighted by Crippen LogP contribution is -1.32. The normalized spacial score (nSPS) is 8.00. The molecule has 0 heterocycles. The van der Waals surface area contributed by atoms with E-state index < -0.39 is 0 Å². The van der Waals surface area contributed by atoms with Gasteiger partial charge >= 0.3 is 0 Å². The van der Waals surface area contributed by atoms with Crippen molar-refractivity contribution in [1.29, 1.82) is 5.26 Å². The standard InChI is InChI=1S/C3H2FN/c4-2-1-3-5/h1-2H/b2-1+. The molecule has 5 heavy (non-hydrogen) atoms. The predicted molar refractivity (Wildman–Crippen MR) is 15.9 cm³/mol. The summed E-state index contributed by atoms with van der Waals surface area (Å²) in [5, 5.41) is 7.49. The molecule has 26 valence electrons. The molecule has 0 saturated heterocycles. The second-order valence-electron chi connectivity index (χ2n) is 0.422. The van der Waals surface area contributed by atoms with Gasteiger partial charge in [-0.3, -0.25) is 0 Å². The van der Waals surface area contributed by atoms with Crippen LogP contribution in [0.5, 0.6) is 0 Å². The van der Waals surface area contributed by atoms with Gasteiger partial charge in [0.1, 0.15) is 0 Å². The molecule has 0 aromatic heterocycles. The van der Waals surface area contributed by atoms with E-state index in [2.05, 4.69) is 0 Å². The fraction of sp³-hybridized carbons (Fsp3) is 0. The number of halogens is 1. The molecule has 1 nitrogen and oxygen atoms in total. The number of nitrogens with zero attached hydrogens (tertiary/aromatic N) is 1. The first kappa shape index (κ1) is 4.16. The third kappa shape index (κ3) is 3.16. The van der Waals surface area contributed by atoms with Crippen LogP contribution in [0.15, 0.2) is 12.4 Å². The molecular weight excluding hydrogens is 69.0 g/mol. The van der Waals surface area contributed by atoms with Crippen molar-refractivity contribution in [2.45, 2.75) is 0 Å².